The van der Waals surface area contributed by atoms with Crippen molar-refractivity contribution in [2.24, 2.45) is 5.11 Å². The van der Waals surface area contributed by atoms with E-state index in [1.54, 1.807) is 19.2 Å². The maximum atomic E-state index is 11.6. The number of benzene rings is 1. The molecular formula is C12H16N4O2. The van der Waals surface area contributed by atoms with Gasteiger partial charge in [-0.2, -0.15) is 0 Å². The SMILES string of the molecule is COc1ccccc1NC(=O)CCCCN=[N+]=[N-]. The van der Waals surface area contributed by atoms with Crippen molar-refractivity contribution in [2.75, 3.05) is 19.0 Å². The van der Waals surface area contributed by atoms with Crippen molar-refractivity contribution < 1.29 is 9.53 Å². The van der Waals surface area contributed by atoms with E-state index in [-0.39, 0.29) is 5.91 Å². The van der Waals surface area contributed by atoms with Gasteiger partial charge in [-0.1, -0.05) is 17.2 Å². The third kappa shape index (κ3) is 4.76. The number of carbonyl (C=O) groups excluding carboxylic acids is 1. The topological polar surface area (TPSA) is 87.1 Å². The predicted molar refractivity (Wildman–Crippen MR) is 69.5 cm³/mol. The van der Waals surface area contributed by atoms with Gasteiger partial charge in [0.1, 0.15) is 5.75 Å². The predicted octanol–water partition coefficient (Wildman–Crippen LogP) is 3.11. The molecule has 0 aliphatic carbocycles. The minimum absolute atomic E-state index is 0.0690. The first kappa shape index (κ1) is 13.9. The number of amides is 1. The molecule has 0 aliphatic rings. The highest BCUT2D eigenvalue weighted by Crippen LogP contribution is 2.23. The van der Waals surface area contributed by atoms with E-state index in [9.17, 15) is 4.79 Å². The van der Waals surface area contributed by atoms with E-state index in [1.165, 1.54) is 0 Å². The first-order chi connectivity index (χ1) is 8.77. The van der Waals surface area contributed by atoms with Crippen LogP contribution in [0.3, 0.4) is 0 Å². The molecule has 6 heteroatoms. The largest absolute Gasteiger partial charge is 0.495 e. The normalized spacial score (nSPS) is 9.39. The molecular weight excluding hydrogens is 232 g/mol. The Kier molecular flexibility index (Phi) is 6.14. The molecule has 0 fully saturated rings. The van der Waals surface area contributed by atoms with Gasteiger partial charge in [0.15, 0.2) is 0 Å². The number of para-hydroxylation sites is 2. The molecule has 1 aromatic carbocycles. The van der Waals surface area contributed by atoms with E-state index < -0.39 is 0 Å². The van der Waals surface area contributed by atoms with Crippen molar-refractivity contribution >= 4 is 11.6 Å². The lowest BCUT2D eigenvalue weighted by Gasteiger charge is -2.09. The second-order valence-corrected chi connectivity index (χ2v) is 3.66. The highest BCUT2D eigenvalue weighted by atomic mass is 16.5. The molecule has 0 saturated carbocycles. The van der Waals surface area contributed by atoms with Crippen molar-refractivity contribution in [2.45, 2.75) is 19.3 Å². The molecule has 6 nitrogen and oxygen atoms in total. The smallest absolute Gasteiger partial charge is 0.224 e. The Morgan fingerprint density at radius 2 is 2.22 bits per heavy atom. The lowest BCUT2D eigenvalue weighted by atomic mass is 10.2. The Bertz CT molecular complexity index is 441. The number of hydrogen-bond acceptors (Lipinski definition) is 3. The molecule has 0 spiro atoms. The van der Waals surface area contributed by atoms with E-state index >= 15 is 0 Å². The minimum atomic E-state index is -0.0690. The van der Waals surface area contributed by atoms with Crippen molar-refractivity contribution in [3.05, 3.63) is 34.7 Å². The van der Waals surface area contributed by atoms with Crippen LogP contribution < -0.4 is 10.1 Å². The summed E-state index contributed by atoms with van der Waals surface area (Å²) in [6, 6.07) is 7.25. The fraction of sp³-hybridized carbons (Fsp3) is 0.417. The summed E-state index contributed by atoms with van der Waals surface area (Å²) in [5, 5.41) is 6.19. The number of carbonyl (C=O) groups is 1. The number of rotatable bonds is 7. The summed E-state index contributed by atoms with van der Waals surface area (Å²) in [5.74, 6) is 0.570. The Labute approximate surface area is 106 Å². The zero-order valence-corrected chi connectivity index (χ0v) is 10.3. The summed E-state index contributed by atoms with van der Waals surface area (Å²) in [5.41, 5.74) is 8.76. The first-order valence-electron chi connectivity index (χ1n) is 5.71. The quantitative estimate of drug-likeness (QED) is 0.348. The number of nitrogens with zero attached hydrogens (tertiary/aromatic N) is 3. The van der Waals surface area contributed by atoms with Gasteiger partial charge in [-0.05, 0) is 30.5 Å². The lowest BCUT2D eigenvalue weighted by molar-refractivity contribution is -0.116. The molecule has 0 heterocycles. The van der Waals surface area contributed by atoms with Crippen molar-refractivity contribution in [3.63, 3.8) is 0 Å². The van der Waals surface area contributed by atoms with Crippen LogP contribution in [0.1, 0.15) is 19.3 Å². The Morgan fingerprint density at radius 1 is 1.44 bits per heavy atom. The minimum Gasteiger partial charge on any atom is -0.495 e. The summed E-state index contributed by atoms with van der Waals surface area (Å²) in [7, 11) is 1.56. The van der Waals surface area contributed by atoms with E-state index in [0.29, 0.717) is 37.2 Å². The number of methoxy groups -OCH3 is 1. The van der Waals surface area contributed by atoms with Gasteiger partial charge in [-0.3, -0.25) is 4.79 Å². The van der Waals surface area contributed by atoms with Crippen molar-refractivity contribution in [3.8, 4) is 5.75 Å². The van der Waals surface area contributed by atoms with Gasteiger partial charge in [-0.25, -0.2) is 0 Å². The molecule has 0 unspecified atom stereocenters. The molecule has 18 heavy (non-hydrogen) atoms. The molecule has 0 atom stereocenters. The van der Waals surface area contributed by atoms with Crippen LogP contribution in [0.4, 0.5) is 5.69 Å². The molecule has 96 valence electrons. The Morgan fingerprint density at radius 3 is 2.94 bits per heavy atom. The van der Waals surface area contributed by atoms with Crippen LogP contribution in [0, 0.1) is 0 Å². The maximum Gasteiger partial charge on any atom is 0.224 e. The molecule has 1 aromatic rings. The standard InChI is InChI=1S/C12H16N4O2/c1-18-11-7-3-2-6-10(11)15-12(17)8-4-5-9-14-16-13/h2-3,6-7H,4-5,8-9H2,1H3,(H,15,17). The summed E-state index contributed by atoms with van der Waals surface area (Å²) < 4.78 is 5.13. The Balaban J connectivity index is 2.37. The number of unbranched alkanes of at least 4 members (excludes halogenated alkanes) is 1. The van der Waals surface area contributed by atoms with Gasteiger partial charge >= 0.3 is 0 Å². The maximum absolute atomic E-state index is 11.6. The molecule has 1 amide bonds. The highest BCUT2D eigenvalue weighted by Gasteiger charge is 2.05. The van der Waals surface area contributed by atoms with E-state index in [4.69, 9.17) is 10.3 Å². The van der Waals surface area contributed by atoms with Crippen molar-refractivity contribution in [1.82, 2.24) is 0 Å². The van der Waals surface area contributed by atoms with Crippen LogP contribution in [-0.2, 0) is 4.79 Å². The summed E-state index contributed by atoms with van der Waals surface area (Å²) in [6.07, 6.45) is 1.81. The fourth-order valence-corrected chi connectivity index (χ4v) is 1.47. The number of hydrogen-bond donors (Lipinski definition) is 1. The fourth-order valence-electron chi connectivity index (χ4n) is 1.47. The van der Waals surface area contributed by atoms with Crippen LogP contribution in [-0.4, -0.2) is 19.6 Å². The van der Waals surface area contributed by atoms with Gasteiger partial charge < -0.3 is 10.1 Å². The van der Waals surface area contributed by atoms with Gasteiger partial charge in [0.2, 0.25) is 5.91 Å². The average molecular weight is 248 g/mol. The van der Waals surface area contributed by atoms with Gasteiger partial charge in [0.05, 0.1) is 12.8 Å². The Hall–Kier alpha value is -2.20. The summed E-state index contributed by atoms with van der Waals surface area (Å²) in [6.45, 7) is 0.429. The van der Waals surface area contributed by atoms with E-state index in [0.717, 1.165) is 0 Å². The van der Waals surface area contributed by atoms with Crippen LogP contribution in [0.2, 0.25) is 0 Å². The average Bonchev–Trinajstić information content (AvgIpc) is 2.39. The third-order valence-electron chi connectivity index (χ3n) is 2.36. The van der Waals surface area contributed by atoms with Crippen LogP contribution in [0.25, 0.3) is 10.4 Å². The molecule has 1 N–H and O–H groups in total. The first-order valence-corrected chi connectivity index (χ1v) is 5.71. The molecule has 1 rings (SSSR count). The zero-order chi connectivity index (χ0) is 13.2. The molecule has 0 aromatic heterocycles. The van der Waals surface area contributed by atoms with Crippen LogP contribution in [0.5, 0.6) is 5.75 Å². The van der Waals surface area contributed by atoms with Crippen molar-refractivity contribution in [1.29, 1.82) is 0 Å². The van der Waals surface area contributed by atoms with E-state index in [1.807, 2.05) is 12.1 Å². The molecule has 0 radical (unpaired) electrons. The summed E-state index contributed by atoms with van der Waals surface area (Å²) >= 11 is 0. The third-order valence-corrected chi connectivity index (χ3v) is 2.36. The monoisotopic (exact) mass is 248 g/mol. The van der Waals surface area contributed by atoms with Gasteiger partial charge in [0.25, 0.3) is 0 Å². The van der Waals surface area contributed by atoms with Crippen LogP contribution in [0.15, 0.2) is 29.4 Å². The zero-order valence-electron chi connectivity index (χ0n) is 10.3. The molecule has 0 saturated heterocycles. The number of ether oxygens (including phenoxy) is 1. The number of azide groups is 1. The van der Waals surface area contributed by atoms with Gasteiger partial charge in [-0.15, -0.1) is 0 Å². The van der Waals surface area contributed by atoms with E-state index in [2.05, 4.69) is 15.3 Å². The molecule has 0 bridgehead atoms. The summed E-state index contributed by atoms with van der Waals surface area (Å²) in [4.78, 5) is 14.3. The highest BCUT2D eigenvalue weighted by molar-refractivity contribution is 5.92. The number of nitrogens with one attached hydrogen (secondary N) is 1. The van der Waals surface area contributed by atoms with Crippen LogP contribution >= 0.6 is 0 Å². The second-order valence-electron chi connectivity index (χ2n) is 3.66. The number of anilines is 1. The molecule has 0 aliphatic heterocycles. The second kappa shape index (κ2) is 7.97. The lowest BCUT2D eigenvalue weighted by Crippen LogP contribution is -2.11. The van der Waals surface area contributed by atoms with Gasteiger partial charge in [0, 0.05) is 17.9 Å².